The molecule has 0 bridgehead atoms. The Hall–Kier alpha value is -1.70. The number of allylic oxidation sites excluding steroid dienone is 1. The van der Waals surface area contributed by atoms with Crippen molar-refractivity contribution in [1.29, 1.82) is 0 Å². The zero-order valence-corrected chi connectivity index (χ0v) is 8.96. The maximum atomic E-state index is 5.99. The molecule has 1 heterocycles. The van der Waals surface area contributed by atoms with Gasteiger partial charge in [-0.25, -0.2) is 0 Å². The number of rotatable bonds is 3. The first-order chi connectivity index (χ1) is 7.24. The number of nitrogens with one attached hydrogen (secondary N) is 1. The third-order valence-corrected chi connectivity index (χ3v) is 2.79. The highest BCUT2D eigenvalue weighted by Gasteiger charge is 2.13. The van der Waals surface area contributed by atoms with Crippen molar-refractivity contribution < 1.29 is 0 Å². The maximum absolute atomic E-state index is 5.99. The minimum Gasteiger partial charge on any atom is -0.385 e. The van der Waals surface area contributed by atoms with E-state index in [2.05, 4.69) is 30.6 Å². The van der Waals surface area contributed by atoms with E-state index in [4.69, 9.17) is 5.73 Å². The molecule has 1 aromatic carbocycles. The summed E-state index contributed by atoms with van der Waals surface area (Å²) in [5, 5.41) is 1.23. The van der Waals surface area contributed by atoms with Gasteiger partial charge in [0, 0.05) is 16.5 Å². The van der Waals surface area contributed by atoms with Crippen LogP contribution in [0.25, 0.3) is 10.9 Å². The molecule has 0 aliphatic carbocycles. The third-order valence-electron chi connectivity index (χ3n) is 2.79. The maximum Gasteiger partial charge on any atom is 0.105 e. The van der Waals surface area contributed by atoms with Gasteiger partial charge in [-0.05, 0) is 18.4 Å². The summed E-state index contributed by atoms with van der Waals surface area (Å²) in [6.07, 6.45) is 2.89. The average Bonchev–Trinajstić information content (AvgIpc) is 2.54. The lowest BCUT2D eigenvalue weighted by Gasteiger charge is -2.08. The number of nitrogen functional groups attached to an aromatic ring is 1. The molecule has 0 aliphatic rings. The van der Waals surface area contributed by atoms with Crippen LogP contribution in [-0.2, 0) is 0 Å². The van der Waals surface area contributed by atoms with Gasteiger partial charge in [-0.2, -0.15) is 0 Å². The standard InChI is InChI=1S/C13H16N2/c1-3-6-9(2)12-10-7-4-5-8-11(10)15-13(12)14/h3-5,7-9,15H,1,6,14H2,2H3. The molecule has 1 aromatic heterocycles. The van der Waals surface area contributed by atoms with E-state index in [9.17, 15) is 0 Å². The number of nitrogens with two attached hydrogens (primary N) is 1. The summed E-state index contributed by atoms with van der Waals surface area (Å²) in [4.78, 5) is 3.21. The van der Waals surface area contributed by atoms with Crippen LogP contribution in [0.2, 0.25) is 0 Å². The quantitative estimate of drug-likeness (QED) is 0.732. The van der Waals surface area contributed by atoms with Crippen LogP contribution < -0.4 is 5.73 Å². The predicted octanol–water partition coefficient (Wildman–Crippen LogP) is 3.43. The molecule has 0 saturated heterocycles. The minimum atomic E-state index is 0.415. The summed E-state index contributed by atoms with van der Waals surface area (Å²) in [5.41, 5.74) is 8.32. The van der Waals surface area contributed by atoms with Gasteiger partial charge in [-0.15, -0.1) is 6.58 Å². The lowest BCUT2D eigenvalue weighted by molar-refractivity contribution is 0.791. The van der Waals surface area contributed by atoms with Crippen molar-refractivity contribution in [2.45, 2.75) is 19.3 Å². The predicted molar refractivity (Wildman–Crippen MR) is 65.9 cm³/mol. The Morgan fingerprint density at radius 1 is 1.47 bits per heavy atom. The Balaban J connectivity index is 2.58. The van der Waals surface area contributed by atoms with Crippen molar-refractivity contribution in [3.63, 3.8) is 0 Å². The molecule has 0 fully saturated rings. The third kappa shape index (κ3) is 1.63. The summed E-state index contributed by atoms with van der Waals surface area (Å²) in [6, 6.07) is 8.22. The van der Waals surface area contributed by atoms with E-state index in [1.165, 1.54) is 10.9 Å². The van der Waals surface area contributed by atoms with Gasteiger partial charge in [0.25, 0.3) is 0 Å². The minimum absolute atomic E-state index is 0.415. The van der Waals surface area contributed by atoms with Crippen molar-refractivity contribution >= 4 is 16.7 Å². The normalized spacial score (nSPS) is 12.9. The van der Waals surface area contributed by atoms with Crippen molar-refractivity contribution in [3.05, 3.63) is 42.5 Å². The molecule has 0 aliphatic heterocycles. The van der Waals surface area contributed by atoms with Crippen LogP contribution >= 0.6 is 0 Å². The van der Waals surface area contributed by atoms with Gasteiger partial charge in [0.15, 0.2) is 0 Å². The van der Waals surface area contributed by atoms with Crippen molar-refractivity contribution in [3.8, 4) is 0 Å². The fourth-order valence-electron chi connectivity index (χ4n) is 2.08. The second-order valence-electron chi connectivity index (χ2n) is 3.92. The van der Waals surface area contributed by atoms with E-state index < -0.39 is 0 Å². The summed E-state index contributed by atoms with van der Waals surface area (Å²) in [6.45, 7) is 5.94. The van der Waals surface area contributed by atoms with Gasteiger partial charge in [-0.3, -0.25) is 0 Å². The summed E-state index contributed by atoms with van der Waals surface area (Å²) < 4.78 is 0. The molecule has 0 spiro atoms. The number of anilines is 1. The molecule has 3 N–H and O–H groups in total. The first-order valence-corrected chi connectivity index (χ1v) is 5.21. The van der Waals surface area contributed by atoms with E-state index in [1.807, 2.05) is 18.2 Å². The Morgan fingerprint density at radius 2 is 2.20 bits per heavy atom. The molecule has 2 nitrogen and oxygen atoms in total. The van der Waals surface area contributed by atoms with Crippen LogP contribution in [0.5, 0.6) is 0 Å². The van der Waals surface area contributed by atoms with Crippen LogP contribution in [0.1, 0.15) is 24.8 Å². The Labute approximate surface area is 89.8 Å². The molecule has 78 valence electrons. The van der Waals surface area contributed by atoms with E-state index in [0.29, 0.717) is 5.92 Å². The van der Waals surface area contributed by atoms with Gasteiger partial charge in [0.1, 0.15) is 5.82 Å². The number of benzene rings is 1. The molecule has 0 radical (unpaired) electrons. The smallest absolute Gasteiger partial charge is 0.105 e. The molecule has 2 rings (SSSR count). The van der Waals surface area contributed by atoms with Gasteiger partial charge in [0.05, 0.1) is 0 Å². The van der Waals surface area contributed by atoms with Crippen molar-refractivity contribution in [1.82, 2.24) is 4.98 Å². The zero-order valence-electron chi connectivity index (χ0n) is 8.96. The number of para-hydroxylation sites is 1. The number of hydrogen-bond acceptors (Lipinski definition) is 1. The summed E-state index contributed by atoms with van der Waals surface area (Å²) in [7, 11) is 0. The van der Waals surface area contributed by atoms with E-state index >= 15 is 0 Å². The number of fused-ring (bicyclic) bond motifs is 1. The van der Waals surface area contributed by atoms with Crippen LogP contribution in [0.15, 0.2) is 36.9 Å². The molecular formula is C13H16N2. The van der Waals surface area contributed by atoms with E-state index in [1.54, 1.807) is 0 Å². The van der Waals surface area contributed by atoms with Crippen molar-refractivity contribution in [2.75, 3.05) is 5.73 Å². The Bertz CT molecular complexity index is 482. The van der Waals surface area contributed by atoms with Crippen LogP contribution in [0, 0.1) is 0 Å². The van der Waals surface area contributed by atoms with E-state index in [-0.39, 0.29) is 0 Å². The lowest BCUT2D eigenvalue weighted by Crippen LogP contribution is -1.96. The second kappa shape index (κ2) is 3.81. The number of aromatic amines is 1. The molecule has 0 amide bonds. The molecule has 0 saturated carbocycles. The highest BCUT2D eigenvalue weighted by Crippen LogP contribution is 2.32. The molecule has 1 atom stereocenters. The van der Waals surface area contributed by atoms with Gasteiger partial charge < -0.3 is 10.7 Å². The number of hydrogen-bond donors (Lipinski definition) is 2. The highest BCUT2D eigenvalue weighted by molar-refractivity contribution is 5.88. The molecule has 2 aromatic rings. The summed E-state index contributed by atoms with van der Waals surface area (Å²) in [5.74, 6) is 1.20. The van der Waals surface area contributed by atoms with Gasteiger partial charge >= 0.3 is 0 Å². The SMILES string of the molecule is C=CCC(C)c1c(N)[nH]c2ccccc12. The second-order valence-corrected chi connectivity index (χ2v) is 3.92. The van der Waals surface area contributed by atoms with Gasteiger partial charge in [0.2, 0.25) is 0 Å². The summed E-state index contributed by atoms with van der Waals surface area (Å²) >= 11 is 0. The fraction of sp³-hybridized carbons (Fsp3) is 0.231. The average molecular weight is 200 g/mol. The lowest BCUT2D eigenvalue weighted by atomic mass is 9.96. The Morgan fingerprint density at radius 3 is 2.93 bits per heavy atom. The first kappa shape index (κ1) is 9.84. The molecule has 1 unspecified atom stereocenters. The van der Waals surface area contributed by atoms with Crippen LogP contribution in [0.4, 0.5) is 5.82 Å². The molecule has 2 heteroatoms. The van der Waals surface area contributed by atoms with Gasteiger partial charge in [-0.1, -0.05) is 31.2 Å². The number of H-pyrrole nitrogens is 1. The number of aromatic nitrogens is 1. The van der Waals surface area contributed by atoms with E-state index in [0.717, 1.165) is 17.8 Å². The fourth-order valence-corrected chi connectivity index (χ4v) is 2.08. The van der Waals surface area contributed by atoms with Crippen LogP contribution in [0.3, 0.4) is 0 Å². The monoisotopic (exact) mass is 200 g/mol. The van der Waals surface area contributed by atoms with Crippen molar-refractivity contribution in [2.24, 2.45) is 0 Å². The highest BCUT2D eigenvalue weighted by atomic mass is 14.9. The largest absolute Gasteiger partial charge is 0.385 e. The van der Waals surface area contributed by atoms with Crippen LogP contribution in [-0.4, -0.2) is 4.98 Å². The Kier molecular flexibility index (Phi) is 2.50. The topological polar surface area (TPSA) is 41.8 Å². The molecule has 15 heavy (non-hydrogen) atoms. The first-order valence-electron chi connectivity index (χ1n) is 5.21. The molecular weight excluding hydrogens is 184 g/mol. The zero-order chi connectivity index (χ0) is 10.8.